The fourth-order valence-corrected chi connectivity index (χ4v) is 3.48. The molecule has 8 heteroatoms. The van der Waals surface area contributed by atoms with Gasteiger partial charge in [-0.2, -0.15) is 5.43 Å². The Morgan fingerprint density at radius 1 is 1.23 bits per heavy atom. The predicted molar refractivity (Wildman–Crippen MR) is 94.0 cm³/mol. The van der Waals surface area contributed by atoms with Crippen LogP contribution in [0.15, 0.2) is 36.7 Å². The van der Waals surface area contributed by atoms with Crippen LogP contribution in [0, 0.1) is 5.92 Å². The van der Waals surface area contributed by atoms with Gasteiger partial charge in [-0.3, -0.25) is 19.6 Å². The van der Waals surface area contributed by atoms with E-state index in [4.69, 9.17) is 9.47 Å². The number of hydrazine groups is 1. The zero-order valence-electron chi connectivity index (χ0n) is 14.6. The number of carbonyl (C=O) groups is 2. The molecule has 3 amide bonds. The molecule has 0 aliphatic carbocycles. The van der Waals surface area contributed by atoms with E-state index in [1.54, 1.807) is 31.6 Å². The highest BCUT2D eigenvalue weighted by atomic mass is 16.5. The van der Waals surface area contributed by atoms with Crippen LogP contribution < -0.4 is 15.1 Å². The summed E-state index contributed by atoms with van der Waals surface area (Å²) >= 11 is 0. The molecule has 1 N–H and O–H groups in total. The lowest BCUT2D eigenvalue weighted by Crippen LogP contribution is -2.52. The van der Waals surface area contributed by atoms with Gasteiger partial charge in [0.2, 0.25) is 0 Å². The van der Waals surface area contributed by atoms with E-state index in [2.05, 4.69) is 5.43 Å². The van der Waals surface area contributed by atoms with Gasteiger partial charge in [0.25, 0.3) is 5.91 Å². The average Bonchev–Trinajstić information content (AvgIpc) is 3.00. The second-order valence-corrected chi connectivity index (χ2v) is 6.62. The summed E-state index contributed by atoms with van der Waals surface area (Å²) in [6, 6.07) is 7.01. The van der Waals surface area contributed by atoms with Crippen LogP contribution in [0.25, 0.3) is 0 Å². The first-order valence-electron chi connectivity index (χ1n) is 8.76. The fraction of sp³-hybridized carbons (Fsp3) is 0.444. The minimum atomic E-state index is -0.723. The summed E-state index contributed by atoms with van der Waals surface area (Å²) in [6.45, 7) is 1.97. The molecule has 3 aliphatic heterocycles. The Balaban J connectivity index is 1.47. The molecule has 1 aromatic rings. The summed E-state index contributed by atoms with van der Waals surface area (Å²) in [7, 11) is 1.60. The van der Waals surface area contributed by atoms with Gasteiger partial charge in [0, 0.05) is 37.2 Å². The van der Waals surface area contributed by atoms with Crippen molar-refractivity contribution < 1.29 is 19.1 Å². The number of hydrogen-bond acceptors (Lipinski definition) is 5. The third kappa shape index (κ3) is 3.02. The van der Waals surface area contributed by atoms with Crippen molar-refractivity contribution in [2.24, 2.45) is 5.92 Å². The Labute approximate surface area is 151 Å². The second kappa shape index (κ2) is 6.97. The van der Waals surface area contributed by atoms with E-state index >= 15 is 0 Å². The van der Waals surface area contributed by atoms with E-state index < -0.39 is 6.17 Å². The average molecular weight is 358 g/mol. The largest absolute Gasteiger partial charge is 0.497 e. The van der Waals surface area contributed by atoms with Crippen LogP contribution in [-0.4, -0.2) is 54.9 Å². The lowest BCUT2D eigenvalue weighted by atomic mass is 10.0. The van der Waals surface area contributed by atoms with Gasteiger partial charge in [-0.05, 0) is 37.1 Å². The highest BCUT2D eigenvalue weighted by Gasteiger charge is 2.44. The van der Waals surface area contributed by atoms with Crippen LogP contribution in [-0.2, 0) is 9.53 Å². The summed E-state index contributed by atoms with van der Waals surface area (Å²) in [4.78, 5) is 28.4. The summed E-state index contributed by atoms with van der Waals surface area (Å²) < 4.78 is 10.6. The molecule has 4 rings (SSSR count). The SMILES string of the molecule is COc1ccc(N2C=CN3C(=O)N(CC4CCCOC4)NC3C2=O)cc1. The molecule has 1 aromatic carbocycles. The van der Waals surface area contributed by atoms with Crippen LogP contribution in [0.3, 0.4) is 0 Å². The zero-order chi connectivity index (χ0) is 18.1. The van der Waals surface area contributed by atoms with Crippen molar-refractivity contribution >= 4 is 17.6 Å². The molecule has 2 fully saturated rings. The lowest BCUT2D eigenvalue weighted by molar-refractivity contribution is -0.122. The van der Waals surface area contributed by atoms with Crippen molar-refractivity contribution in [2.45, 2.75) is 19.0 Å². The number of benzene rings is 1. The van der Waals surface area contributed by atoms with Crippen LogP contribution in [0.5, 0.6) is 5.75 Å². The number of ether oxygens (including phenoxy) is 2. The zero-order valence-corrected chi connectivity index (χ0v) is 14.6. The van der Waals surface area contributed by atoms with Gasteiger partial charge in [-0.15, -0.1) is 0 Å². The van der Waals surface area contributed by atoms with Crippen molar-refractivity contribution in [1.82, 2.24) is 15.3 Å². The molecule has 3 aliphatic rings. The van der Waals surface area contributed by atoms with Crippen molar-refractivity contribution in [2.75, 3.05) is 31.8 Å². The van der Waals surface area contributed by atoms with Crippen molar-refractivity contribution in [3.05, 3.63) is 36.7 Å². The predicted octanol–water partition coefficient (Wildman–Crippen LogP) is 1.51. The molecule has 0 bridgehead atoms. The first-order valence-corrected chi connectivity index (χ1v) is 8.76. The van der Waals surface area contributed by atoms with Crippen LogP contribution >= 0.6 is 0 Å². The number of urea groups is 1. The number of methoxy groups -OCH3 is 1. The quantitative estimate of drug-likeness (QED) is 0.883. The molecule has 2 atom stereocenters. The smallest absolute Gasteiger partial charge is 0.340 e. The number of hydrogen-bond donors (Lipinski definition) is 1. The van der Waals surface area contributed by atoms with E-state index in [-0.39, 0.29) is 11.9 Å². The van der Waals surface area contributed by atoms with E-state index in [0.29, 0.717) is 19.1 Å². The molecule has 8 nitrogen and oxygen atoms in total. The molecule has 0 saturated carbocycles. The minimum absolute atomic E-state index is 0.201. The lowest BCUT2D eigenvalue weighted by Gasteiger charge is -2.29. The molecule has 26 heavy (non-hydrogen) atoms. The van der Waals surface area contributed by atoms with E-state index in [9.17, 15) is 9.59 Å². The van der Waals surface area contributed by atoms with Crippen molar-refractivity contribution in [3.63, 3.8) is 0 Å². The molecular weight excluding hydrogens is 336 g/mol. The minimum Gasteiger partial charge on any atom is -0.497 e. The number of rotatable bonds is 4. The Kier molecular flexibility index (Phi) is 4.52. The number of carbonyl (C=O) groups excluding carboxylic acids is 2. The van der Waals surface area contributed by atoms with Gasteiger partial charge in [0.05, 0.1) is 13.7 Å². The number of amides is 3. The molecule has 3 heterocycles. The maximum absolute atomic E-state index is 12.9. The number of nitrogens with one attached hydrogen (secondary N) is 1. The molecule has 2 unspecified atom stereocenters. The Bertz CT molecular complexity index is 714. The maximum atomic E-state index is 12.9. The first-order chi connectivity index (χ1) is 12.7. The Hall–Kier alpha value is -2.58. The van der Waals surface area contributed by atoms with Crippen LogP contribution in [0.1, 0.15) is 12.8 Å². The Morgan fingerprint density at radius 2 is 2.04 bits per heavy atom. The molecule has 0 spiro atoms. The number of nitrogens with zero attached hydrogens (tertiary/aromatic N) is 3. The Morgan fingerprint density at radius 3 is 2.73 bits per heavy atom. The summed E-state index contributed by atoms with van der Waals surface area (Å²) in [5, 5.41) is 1.53. The van der Waals surface area contributed by atoms with Gasteiger partial charge >= 0.3 is 6.03 Å². The molecule has 138 valence electrons. The van der Waals surface area contributed by atoms with Gasteiger partial charge in [-0.25, -0.2) is 4.79 Å². The second-order valence-electron chi connectivity index (χ2n) is 6.62. The van der Waals surface area contributed by atoms with Gasteiger partial charge in [-0.1, -0.05) is 0 Å². The third-order valence-corrected chi connectivity index (χ3v) is 4.90. The van der Waals surface area contributed by atoms with Gasteiger partial charge in [0.15, 0.2) is 6.17 Å². The summed E-state index contributed by atoms with van der Waals surface area (Å²) in [5.41, 5.74) is 3.77. The van der Waals surface area contributed by atoms with E-state index in [0.717, 1.165) is 30.9 Å². The topological polar surface area (TPSA) is 74.3 Å². The van der Waals surface area contributed by atoms with Crippen molar-refractivity contribution in [1.29, 1.82) is 0 Å². The van der Waals surface area contributed by atoms with Crippen molar-refractivity contribution in [3.8, 4) is 5.75 Å². The molecule has 0 aromatic heterocycles. The van der Waals surface area contributed by atoms with Gasteiger partial charge < -0.3 is 9.47 Å². The molecule has 0 radical (unpaired) electrons. The standard InChI is InChI=1S/C18H22N4O4/c1-25-15-6-4-14(5-7-15)20-8-9-21-16(17(20)23)19-22(18(21)24)11-13-3-2-10-26-12-13/h4-9,13,16,19H,2-3,10-12H2,1H3. The number of anilines is 1. The van der Waals surface area contributed by atoms with Gasteiger partial charge in [0.1, 0.15) is 5.75 Å². The normalized spacial score (nSPS) is 25.7. The summed E-state index contributed by atoms with van der Waals surface area (Å²) in [6.07, 6.45) is 4.57. The highest BCUT2D eigenvalue weighted by molar-refractivity contribution is 6.02. The monoisotopic (exact) mass is 358 g/mol. The third-order valence-electron chi connectivity index (χ3n) is 4.90. The van der Waals surface area contributed by atoms with Crippen LogP contribution in [0.4, 0.5) is 10.5 Å². The molecule has 2 saturated heterocycles. The van der Waals surface area contributed by atoms with Crippen LogP contribution in [0.2, 0.25) is 0 Å². The van der Waals surface area contributed by atoms with E-state index in [1.165, 1.54) is 14.8 Å². The highest BCUT2D eigenvalue weighted by Crippen LogP contribution is 2.26. The maximum Gasteiger partial charge on any atom is 0.340 e. The summed E-state index contributed by atoms with van der Waals surface area (Å²) in [5.74, 6) is 0.811. The van der Waals surface area contributed by atoms with E-state index in [1.807, 2.05) is 12.1 Å². The fourth-order valence-electron chi connectivity index (χ4n) is 3.48. The first kappa shape index (κ1) is 16.9. The molecular formula is C18H22N4O4. The number of fused-ring (bicyclic) bond motifs is 1.